The molecule has 1 atom stereocenters. The average molecular weight is 295 g/mol. The molecule has 108 valence electrons. The van der Waals surface area contributed by atoms with Crippen LogP contribution in [0.25, 0.3) is 0 Å². The molecule has 6 heteroatoms. The summed E-state index contributed by atoms with van der Waals surface area (Å²) in [5.41, 5.74) is 1.70. The van der Waals surface area contributed by atoms with Crippen LogP contribution in [0.3, 0.4) is 0 Å². The maximum Gasteiger partial charge on any atom is 0.161 e. The Hall–Kier alpha value is -1.59. The molecule has 0 aliphatic carbocycles. The molecule has 2 aromatic heterocycles. The number of halogens is 1. The van der Waals surface area contributed by atoms with Crippen molar-refractivity contribution < 1.29 is 4.74 Å². The topological polar surface area (TPSA) is 52.0 Å². The lowest BCUT2D eigenvalue weighted by Crippen LogP contribution is -2.26. The van der Waals surface area contributed by atoms with Gasteiger partial charge in [-0.25, -0.2) is 0 Å². The lowest BCUT2D eigenvalue weighted by Gasteiger charge is -2.20. The predicted molar refractivity (Wildman–Crippen MR) is 79.1 cm³/mol. The number of methoxy groups -OCH3 is 1. The molecule has 5 nitrogen and oxygen atoms in total. The summed E-state index contributed by atoms with van der Waals surface area (Å²) in [4.78, 5) is 4.41. The van der Waals surface area contributed by atoms with Crippen LogP contribution in [0.4, 0.5) is 0 Å². The second-order valence-corrected chi connectivity index (χ2v) is 4.89. The third-order valence-corrected chi connectivity index (χ3v) is 3.42. The van der Waals surface area contributed by atoms with Crippen LogP contribution in [0.5, 0.6) is 5.75 Å². The molecular weight excluding hydrogens is 276 g/mol. The average Bonchev–Trinajstić information content (AvgIpc) is 2.82. The maximum atomic E-state index is 6.29. The first kappa shape index (κ1) is 14.8. The van der Waals surface area contributed by atoms with E-state index in [1.807, 2.05) is 19.2 Å². The molecule has 2 rings (SSSR count). The number of pyridine rings is 1. The van der Waals surface area contributed by atoms with E-state index in [1.54, 1.807) is 24.2 Å². The minimum absolute atomic E-state index is 0.147. The first-order valence-corrected chi connectivity index (χ1v) is 6.96. The van der Waals surface area contributed by atoms with Crippen molar-refractivity contribution in [1.29, 1.82) is 0 Å². The molecule has 0 fully saturated rings. The Balaban J connectivity index is 2.47. The number of aromatic nitrogens is 3. The van der Waals surface area contributed by atoms with E-state index in [4.69, 9.17) is 16.3 Å². The molecule has 0 aliphatic rings. The highest BCUT2D eigenvalue weighted by Gasteiger charge is 2.24. The SMILES string of the molecule is CCCNC(c1ncccc1Cl)c1c(OC)cnn1C. The van der Waals surface area contributed by atoms with Crippen molar-refractivity contribution in [2.45, 2.75) is 19.4 Å². The Labute approximate surface area is 123 Å². The van der Waals surface area contributed by atoms with E-state index in [0.717, 1.165) is 30.1 Å². The molecule has 20 heavy (non-hydrogen) atoms. The van der Waals surface area contributed by atoms with Crippen LogP contribution < -0.4 is 10.1 Å². The van der Waals surface area contributed by atoms with Gasteiger partial charge in [0.05, 0.1) is 30.1 Å². The molecule has 0 spiro atoms. The zero-order valence-electron chi connectivity index (χ0n) is 11.9. The van der Waals surface area contributed by atoms with E-state index < -0.39 is 0 Å². The molecule has 1 N–H and O–H groups in total. The highest BCUT2D eigenvalue weighted by molar-refractivity contribution is 6.31. The fourth-order valence-corrected chi connectivity index (χ4v) is 2.37. The molecule has 0 bridgehead atoms. The van der Waals surface area contributed by atoms with E-state index in [9.17, 15) is 0 Å². The van der Waals surface area contributed by atoms with Crippen molar-refractivity contribution in [3.63, 3.8) is 0 Å². The number of hydrogen-bond acceptors (Lipinski definition) is 4. The van der Waals surface area contributed by atoms with Crippen LogP contribution in [0.15, 0.2) is 24.5 Å². The van der Waals surface area contributed by atoms with Gasteiger partial charge < -0.3 is 10.1 Å². The van der Waals surface area contributed by atoms with Crippen molar-refractivity contribution in [2.75, 3.05) is 13.7 Å². The normalized spacial score (nSPS) is 12.4. The summed E-state index contributed by atoms with van der Waals surface area (Å²) in [6.07, 6.45) is 4.46. The van der Waals surface area contributed by atoms with E-state index in [0.29, 0.717) is 5.02 Å². The van der Waals surface area contributed by atoms with Crippen molar-refractivity contribution in [1.82, 2.24) is 20.1 Å². The second kappa shape index (κ2) is 6.72. The van der Waals surface area contributed by atoms with Gasteiger partial charge in [-0.05, 0) is 25.1 Å². The van der Waals surface area contributed by atoms with Gasteiger partial charge in [-0.3, -0.25) is 9.67 Å². The molecule has 0 aromatic carbocycles. The van der Waals surface area contributed by atoms with E-state index in [2.05, 4.69) is 22.3 Å². The Bertz CT molecular complexity index is 570. The first-order chi connectivity index (χ1) is 9.69. The van der Waals surface area contributed by atoms with Gasteiger partial charge in [-0.1, -0.05) is 18.5 Å². The van der Waals surface area contributed by atoms with Crippen LogP contribution in [-0.4, -0.2) is 28.4 Å². The van der Waals surface area contributed by atoms with Crippen molar-refractivity contribution >= 4 is 11.6 Å². The number of nitrogens with zero attached hydrogens (tertiary/aromatic N) is 3. The summed E-state index contributed by atoms with van der Waals surface area (Å²) in [5.74, 6) is 0.725. The largest absolute Gasteiger partial charge is 0.493 e. The number of rotatable bonds is 6. The summed E-state index contributed by atoms with van der Waals surface area (Å²) in [6.45, 7) is 2.97. The first-order valence-electron chi connectivity index (χ1n) is 6.58. The summed E-state index contributed by atoms with van der Waals surface area (Å²) in [5, 5.41) is 8.34. The molecule has 2 heterocycles. The zero-order valence-corrected chi connectivity index (χ0v) is 12.7. The van der Waals surface area contributed by atoms with E-state index in [1.165, 1.54) is 0 Å². The summed E-state index contributed by atoms with van der Waals surface area (Å²) >= 11 is 6.29. The van der Waals surface area contributed by atoms with Crippen LogP contribution in [0, 0.1) is 0 Å². The minimum atomic E-state index is -0.147. The fourth-order valence-electron chi connectivity index (χ4n) is 2.14. The fraction of sp³-hybridized carbons (Fsp3) is 0.429. The third-order valence-electron chi connectivity index (χ3n) is 3.10. The van der Waals surface area contributed by atoms with Gasteiger partial charge in [-0.15, -0.1) is 0 Å². The summed E-state index contributed by atoms with van der Waals surface area (Å²) in [7, 11) is 3.52. The van der Waals surface area contributed by atoms with Gasteiger partial charge in [0.1, 0.15) is 5.69 Å². The summed E-state index contributed by atoms with van der Waals surface area (Å²) in [6, 6.07) is 3.52. The lowest BCUT2D eigenvalue weighted by atomic mass is 10.1. The molecule has 0 saturated heterocycles. The highest BCUT2D eigenvalue weighted by atomic mass is 35.5. The molecule has 0 amide bonds. The maximum absolute atomic E-state index is 6.29. The molecule has 0 aliphatic heterocycles. The molecule has 2 aromatic rings. The van der Waals surface area contributed by atoms with Crippen LogP contribution in [0.1, 0.15) is 30.8 Å². The monoisotopic (exact) mass is 294 g/mol. The smallest absolute Gasteiger partial charge is 0.161 e. The quantitative estimate of drug-likeness (QED) is 0.889. The number of hydrogen-bond donors (Lipinski definition) is 1. The van der Waals surface area contributed by atoms with Gasteiger partial charge in [0.2, 0.25) is 0 Å². The molecule has 0 radical (unpaired) electrons. The van der Waals surface area contributed by atoms with Crippen molar-refractivity contribution in [3.8, 4) is 5.75 Å². The van der Waals surface area contributed by atoms with E-state index >= 15 is 0 Å². The molecular formula is C14H19ClN4O. The highest BCUT2D eigenvalue weighted by Crippen LogP contribution is 2.31. The van der Waals surface area contributed by atoms with Crippen LogP contribution in [-0.2, 0) is 7.05 Å². The molecule has 0 saturated carbocycles. The van der Waals surface area contributed by atoms with Gasteiger partial charge >= 0.3 is 0 Å². The minimum Gasteiger partial charge on any atom is -0.493 e. The Kier molecular flexibility index (Phi) is 4.98. The predicted octanol–water partition coefficient (Wildman–Crippen LogP) is 2.57. The Morgan fingerprint density at radius 1 is 1.50 bits per heavy atom. The lowest BCUT2D eigenvalue weighted by molar-refractivity contribution is 0.399. The molecule has 1 unspecified atom stereocenters. The Morgan fingerprint density at radius 3 is 2.95 bits per heavy atom. The number of ether oxygens (including phenoxy) is 1. The van der Waals surface area contributed by atoms with Crippen molar-refractivity contribution in [3.05, 3.63) is 40.9 Å². The zero-order chi connectivity index (χ0) is 14.5. The van der Waals surface area contributed by atoms with Gasteiger partial charge in [0.25, 0.3) is 0 Å². The Morgan fingerprint density at radius 2 is 2.30 bits per heavy atom. The van der Waals surface area contributed by atoms with Gasteiger partial charge in [-0.2, -0.15) is 5.10 Å². The number of aryl methyl sites for hydroxylation is 1. The summed E-state index contributed by atoms with van der Waals surface area (Å²) < 4.78 is 7.18. The van der Waals surface area contributed by atoms with Crippen LogP contribution in [0.2, 0.25) is 5.02 Å². The standard InChI is InChI=1S/C14H19ClN4O/c1-4-7-16-13(12-10(15)6-5-8-17-12)14-11(20-3)9-18-19(14)2/h5-6,8-9,13,16H,4,7H2,1-3H3. The van der Waals surface area contributed by atoms with E-state index in [-0.39, 0.29) is 6.04 Å². The second-order valence-electron chi connectivity index (χ2n) is 4.48. The van der Waals surface area contributed by atoms with Gasteiger partial charge in [0, 0.05) is 13.2 Å². The van der Waals surface area contributed by atoms with Gasteiger partial charge in [0.15, 0.2) is 5.75 Å². The number of nitrogens with one attached hydrogen (secondary N) is 1. The van der Waals surface area contributed by atoms with Crippen molar-refractivity contribution in [2.24, 2.45) is 7.05 Å². The van der Waals surface area contributed by atoms with Crippen LogP contribution >= 0.6 is 11.6 Å². The third kappa shape index (κ3) is 2.94.